The minimum Gasteiger partial charge on any atom is -0.611 e. The molecular weight excluding hydrogens is 266 g/mol. The fourth-order valence-electron chi connectivity index (χ4n) is 3.62. The number of likely N-dealkylation sites (N-methyl/N-ethyl adjacent to an activating group) is 1. The summed E-state index contributed by atoms with van der Waals surface area (Å²) in [5, 5.41) is 0. The average Bonchev–Trinajstić information content (AvgIpc) is 2.49. The second-order valence-electron chi connectivity index (χ2n) is 5.58. The predicted molar refractivity (Wildman–Crippen MR) is 86.8 cm³/mol. The van der Waals surface area contributed by atoms with E-state index in [0.717, 1.165) is 24.4 Å². The normalized spacial score (nSPS) is 23.7. The van der Waals surface area contributed by atoms with E-state index in [4.69, 9.17) is 0 Å². The SMILES string of the molecule is CCN(CC)C1CCc2cccc([S+]([O-])CC)c2C1C. The molecule has 2 nitrogen and oxygen atoms in total. The highest BCUT2D eigenvalue weighted by molar-refractivity contribution is 7.91. The molecule has 0 heterocycles. The van der Waals surface area contributed by atoms with Crippen LogP contribution in [0.1, 0.15) is 51.2 Å². The van der Waals surface area contributed by atoms with Gasteiger partial charge in [-0.2, -0.15) is 0 Å². The Hall–Kier alpha value is -0.510. The van der Waals surface area contributed by atoms with Gasteiger partial charge in [0.15, 0.2) is 4.90 Å². The molecule has 3 heteroatoms. The van der Waals surface area contributed by atoms with Crippen LogP contribution in [0.3, 0.4) is 0 Å². The van der Waals surface area contributed by atoms with Gasteiger partial charge in [0.1, 0.15) is 5.75 Å². The Bertz CT molecular complexity index is 445. The summed E-state index contributed by atoms with van der Waals surface area (Å²) in [4.78, 5) is 3.63. The highest BCUT2D eigenvalue weighted by Crippen LogP contribution is 2.38. The summed E-state index contributed by atoms with van der Waals surface area (Å²) in [5.74, 6) is 1.18. The zero-order valence-electron chi connectivity index (χ0n) is 13.2. The molecule has 0 spiro atoms. The maximum Gasteiger partial charge on any atom is 0.156 e. The Morgan fingerprint density at radius 2 is 1.95 bits per heavy atom. The first-order valence-corrected chi connectivity index (χ1v) is 9.20. The van der Waals surface area contributed by atoms with Gasteiger partial charge in [0.05, 0.1) is 0 Å². The molecule has 2 rings (SSSR count). The van der Waals surface area contributed by atoms with E-state index >= 15 is 0 Å². The van der Waals surface area contributed by atoms with Crippen molar-refractivity contribution in [1.29, 1.82) is 0 Å². The lowest BCUT2D eigenvalue weighted by Gasteiger charge is -2.39. The molecule has 20 heavy (non-hydrogen) atoms. The van der Waals surface area contributed by atoms with Crippen LogP contribution < -0.4 is 0 Å². The zero-order valence-corrected chi connectivity index (χ0v) is 14.0. The van der Waals surface area contributed by atoms with E-state index in [1.807, 2.05) is 6.92 Å². The highest BCUT2D eigenvalue weighted by atomic mass is 32.2. The Morgan fingerprint density at radius 3 is 2.55 bits per heavy atom. The minimum atomic E-state index is -0.851. The van der Waals surface area contributed by atoms with Crippen molar-refractivity contribution in [3.63, 3.8) is 0 Å². The summed E-state index contributed by atoms with van der Waals surface area (Å²) in [6.45, 7) is 11.0. The van der Waals surface area contributed by atoms with Crippen molar-refractivity contribution >= 4 is 11.2 Å². The van der Waals surface area contributed by atoms with Gasteiger partial charge in [-0.05, 0) is 55.7 Å². The van der Waals surface area contributed by atoms with Crippen molar-refractivity contribution in [3.8, 4) is 0 Å². The van der Waals surface area contributed by atoms with Crippen LogP contribution in [-0.2, 0) is 17.6 Å². The van der Waals surface area contributed by atoms with Gasteiger partial charge in [-0.3, -0.25) is 0 Å². The van der Waals surface area contributed by atoms with Crippen LogP contribution in [0.2, 0.25) is 0 Å². The smallest absolute Gasteiger partial charge is 0.156 e. The maximum absolute atomic E-state index is 12.3. The highest BCUT2D eigenvalue weighted by Gasteiger charge is 2.33. The molecule has 0 bridgehead atoms. The standard InChI is InChI=1S/C17H27NOS/c1-5-18(6-2)15-12-11-14-9-8-10-16(20(19)7-3)17(14)13(15)4/h8-10,13,15H,5-7,11-12H2,1-4H3. The lowest BCUT2D eigenvalue weighted by atomic mass is 9.79. The second-order valence-corrected chi connectivity index (χ2v) is 7.29. The lowest BCUT2D eigenvalue weighted by molar-refractivity contribution is 0.174. The maximum atomic E-state index is 12.3. The van der Waals surface area contributed by atoms with E-state index in [2.05, 4.69) is 43.9 Å². The lowest BCUT2D eigenvalue weighted by Crippen LogP contribution is -2.41. The number of fused-ring (bicyclic) bond motifs is 1. The van der Waals surface area contributed by atoms with Gasteiger partial charge >= 0.3 is 0 Å². The molecule has 0 aliphatic heterocycles. The number of hydrogen-bond acceptors (Lipinski definition) is 2. The molecule has 112 valence electrons. The van der Waals surface area contributed by atoms with Gasteiger partial charge in [-0.15, -0.1) is 0 Å². The van der Waals surface area contributed by atoms with Crippen LogP contribution in [0.15, 0.2) is 23.1 Å². The summed E-state index contributed by atoms with van der Waals surface area (Å²) in [6.07, 6.45) is 2.34. The minimum absolute atomic E-state index is 0.477. The Balaban J connectivity index is 2.38. The number of benzene rings is 1. The molecule has 0 fully saturated rings. The molecular formula is C17H27NOS. The average molecular weight is 293 g/mol. The first-order chi connectivity index (χ1) is 9.63. The summed E-state index contributed by atoms with van der Waals surface area (Å²) in [7, 11) is 0. The van der Waals surface area contributed by atoms with E-state index in [0.29, 0.717) is 17.7 Å². The molecule has 1 aliphatic rings. The van der Waals surface area contributed by atoms with Gasteiger partial charge in [-0.1, -0.05) is 32.9 Å². The van der Waals surface area contributed by atoms with E-state index in [1.165, 1.54) is 17.5 Å². The molecule has 1 aliphatic carbocycles. The van der Waals surface area contributed by atoms with Crippen molar-refractivity contribution < 1.29 is 4.55 Å². The van der Waals surface area contributed by atoms with Crippen LogP contribution in [-0.4, -0.2) is 34.3 Å². The third-order valence-electron chi connectivity index (χ3n) is 4.69. The van der Waals surface area contributed by atoms with E-state index in [9.17, 15) is 4.55 Å². The molecule has 0 N–H and O–H groups in total. The number of nitrogens with zero attached hydrogens (tertiary/aromatic N) is 1. The van der Waals surface area contributed by atoms with Gasteiger partial charge in [-0.25, -0.2) is 0 Å². The van der Waals surface area contributed by atoms with E-state index in [-0.39, 0.29) is 0 Å². The molecule has 0 saturated heterocycles. The Labute approximate surface area is 126 Å². The predicted octanol–water partition coefficient (Wildman–Crippen LogP) is 3.57. The number of hydrogen-bond donors (Lipinski definition) is 0. The molecule has 3 atom stereocenters. The Kier molecular flexibility index (Phi) is 5.53. The summed E-state index contributed by atoms with van der Waals surface area (Å²) in [5.41, 5.74) is 2.79. The van der Waals surface area contributed by atoms with Crippen LogP contribution in [0, 0.1) is 0 Å². The molecule has 3 unspecified atom stereocenters. The van der Waals surface area contributed by atoms with E-state index in [1.54, 1.807) is 0 Å². The molecule has 1 aromatic rings. The molecule has 0 aromatic heterocycles. The number of rotatable bonds is 5. The van der Waals surface area contributed by atoms with E-state index < -0.39 is 11.2 Å². The molecule has 0 radical (unpaired) electrons. The van der Waals surface area contributed by atoms with Crippen LogP contribution in [0.25, 0.3) is 0 Å². The van der Waals surface area contributed by atoms with Crippen molar-refractivity contribution in [2.45, 2.75) is 57.4 Å². The van der Waals surface area contributed by atoms with Gasteiger partial charge in [0.25, 0.3) is 0 Å². The van der Waals surface area contributed by atoms with Crippen LogP contribution >= 0.6 is 0 Å². The van der Waals surface area contributed by atoms with Gasteiger partial charge in [0.2, 0.25) is 0 Å². The van der Waals surface area contributed by atoms with Crippen LogP contribution in [0.5, 0.6) is 0 Å². The Morgan fingerprint density at radius 1 is 1.25 bits per heavy atom. The largest absolute Gasteiger partial charge is 0.611 e. The van der Waals surface area contributed by atoms with Crippen molar-refractivity contribution in [1.82, 2.24) is 4.90 Å². The monoisotopic (exact) mass is 293 g/mol. The van der Waals surface area contributed by atoms with Gasteiger partial charge < -0.3 is 9.45 Å². The quantitative estimate of drug-likeness (QED) is 0.776. The van der Waals surface area contributed by atoms with Crippen molar-refractivity contribution in [2.24, 2.45) is 0 Å². The fraction of sp³-hybridized carbons (Fsp3) is 0.647. The first-order valence-electron chi connectivity index (χ1n) is 7.88. The summed E-state index contributed by atoms with van der Waals surface area (Å²) < 4.78 is 12.3. The third-order valence-corrected chi connectivity index (χ3v) is 6.06. The topological polar surface area (TPSA) is 26.3 Å². The second kappa shape index (κ2) is 6.97. The fourth-order valence-corrected chi connectivity index (χ4v) is 4.72. The zero-order chi connectivity index (χ0) is 14.7. The number of aryl methyl sites for hydroxylation is 1. The first kappa shape index (κ1) is 15.9. The molecule has 0 saturated carbocycles. The molecule has 0 amide bonds. The van der Waals surface area contributed by atoms with Crippen LogP contribution in [0.4, 0.5) is 0 Å². The van der Waals surface area contributed by atoms with Crippen molar-refractivity contribution in [3.05, 3.63) is 29.3 Å². The van der Waals surface area contributed by atoms with Gasteiger partial charge in [0, 0.05) is 17.5 Å². The summed E-state index contributed by atoms with van der Waals surface area (Å²) >= 11 is -0.851. The van der Waals surface area contributed by atoms with Crippen molar-refractivity contribution in [2.75, 3.05) is 18.8 Å². The third kappa shape index (κ3) is 2.90. The molecule has 1 aromatic carbocycles. The summed E-state index contributed by atoms with van der Waals surface area (Å²) in [6, 6.07) is 6.96.